The van der Waals surface area contributed by atoms with Gasteiger partial charge in [-0.15, -0.1) is 4.68 Å². The third-order valence-corrected chi connectivity index (χ3v) is 5.51. The van der Waals surface area contributed by atoms with Crippen LogP contribution in [0.1, 0.15) is 47.1 Å². The Balaban J connectivity index is 1.62. The summed E-state index contributed by atoms with van der Waals surface area (Å²) in [5, 5.41) is 8.05. The predicted octanol–water partition coefficient (Wildman–Crippen LogP) is 5.79. The molecule has 4 rings (SSSR count). The minimum absolute atomic E-state index is 0.159. The van der Waals surface area contributed by atoms with Crippen LogP contribution in [-0.2, 0) is 15.9 Å². The van der Waals surface area contributed by atoms with Gasteiger partial charge in [0.2, 0.25) is 0 Å². The summed E-state index contributed by atoms with van der Waals surface area (Å²) >= 11 is 0. The summed E-state index contributed by atoms with van der Waals surface area (Å²) in [5.74, 6) is 0.454. The number of ether oxygens (including phenoxy) is 3. The van der Waals surface area contributed by atoms with Gasteiger partial charge < -0.3 is 19.5 Å². The molecule has 1 aromatic carbocycles. The first kappa shape index (κ1) is 28.5. The quantitative estimate of drug-likeness (QED) is 0.310. The number of amides is 1. The molecule has 3 aromatic heterocycles. The molecule has 0 bridgehead atoms. The number of alkyl carbamates (subject to hydrolysis) is 1. The molecule has 10 heteroatoms. The molecule has 10 nitrogen and oxygen atoms in total. The Morgan fingerprint density at radius 1 is 0.950 bits per heavy atom. The fourth-order valence-corrected chi connectivity index (χ4v) is 3.94. The topological polar surface area (TPSA) is 117 Å². The molecule has 1 N–H and O–H groups in total. The number of aromatic nitrogens is 4. The van der Waals surface area contributed by atoms with Crippen LogP contribution in [0.3, 0.4) is 0 Å². The van der Waals surface area contributed by atoms with Crippen molar-refractivity contribution < 1.29 is 23.8 Å². The molecule has 1 amide bonds. The van der Waals surface area contributed by atoms with Crippen LogP contribution in [0.5, 0.6) is 5.75 Å². The zero-order chi connectivity index (χ0) is 28.9. The van der Waals surface area contributed by atoms with Gasteiger partial charge in [0.05, 0.1) is 17.6 Å². The molecule has 1 atom stereocenters. The summed E-state index contributed by atoms with van der Waals surface area (Å²) in [6.45, 7) is 11.0. The van der Waals surface area contributed by atoms with Crippen molar-refractivity contribution in [1.29, 1.82) is 0 Å². The maximum absolute atomic E-state index is 12.9. The van der Waals surface area contributed by atoms with Crippen LogP contribution in [0.25, 0.3) is 22.3 Å². The van der Waals surface area contributed by atoms with Crippen molar-refractivity contribution in [3.63, 3.8) is 0 Å². The smallest absolute Gasteiger partial charge is 0.437 e. The van der Waals surface area contributed by atoms with Crippen LogP contribution in [0.4, 0.5) is 9.59 Å². The van der Waals surface area contributed by atoms with Gasteiger partial charge in [-0.05, 0) is 71.7 Å². The van der Waals surface area contributed by atoms with Gasteiger partial charge in [-0.2, -0.15) is 5.10 Å². The fraction of sp³-hybridized carbons (Fsp3) is 0.367. The third kappa shape index (κ3) is 7.78. The van der Waals surface area contributed by atoms with E-state index in [4.69, 9.17) is 14.2 Å². The molecule has 0 aliphatic heterocycles. The lowest BCUT2D eigenvalue weighted by Crippen LogP contribution is -2.43. The second-order valence-corrected chi connectivity index (χ2v) is 11.4. The highest BCUT2D eigenvalue weighted by molar-refractivity contribution is 5.96. The molecule has 0 radical (unpaired) electrons. The van der Waals surface area contributed by atoms with E-state index in [2.05, 4.69) is 20.4 Å². The van der Waals surface area contributed by atoms with Crippen molar-refractivity contribution >= 4 is 23.2 Å². The Labute approximate surface area is 233 Å². The average molecular weight is 546 g/mol. The monoisotopic (exact) mass is 545 g/mol. The molecule has 0 aliphatic rings. The molecule has 0 unspecified atom stereocenters. The molecule has 0 saturated heterocycles. The highest BCUT2D eigenvalue weighted by Crippen LogP contribution is 2.30. The lowest BCUT2D eigenvalue weighted by atomic mass is 10.1. The van der Waals surface area contributed by atoms with Crippen molar-refractivity contribution in [3.8, 4) is 17.0 Å². The van der Waals surface area contributed by atoms with Gasteiger partial charge in [-0.25, -0.2) is 14.6 Å². The Morgan fingerprint density at radius 2 is 1.62 bits per heavy atom. The fourth-order valence-electron chi connectivity index (χ4n) is 3.94. The Bertz CT molecular complexity index is 1460. The minimum atomic E-state index is -0.704. The van der Waals surface area contributed by atoms with E-state index in [1.54, 1.807) is 51.4 Å². The maximum Gasteiger partial charge on any atom is 0.437 e. The molecule has 0 spiro atoms. The number of rotatable bonds is 7. The van der Waals surface area contributed by atoms with E-state index in [9.17, 15) is 9.59 Å². The van der Waals surface area contributed by atoms with E-state index in [0.717, 1.165) is 15.8 Å². The number of nitrogens with zero attached hydrogens (tertiary/aromatic N) is 4. The van der Waals surface area contributed by atoms with Crippen molar-refractivity contribution in [3.05, 3.63) is 72.7 Å². The molecular weight excluding hydrogens is 510 g/mol. The zero-order valence-electron chi connectivity index (χ0n) is 23.7. The molecule has 3 heterocycles. The number of pyridine rings is 2. The number of hydrogen-bond acceptors (Lipinski definition) is 8. The number of carbonyl (C=O) groups excluding carboxylic acids is 2. The third-order valence-electron chi connectivity index (χ3n) is 5.51. The van der Waals surface area contributed by atoms with Crippen molar-refractivity contribution in [1.82, 2.24) is 25.1 Å². The van der Waals surface area contributed by atoms with Crippen LogP contribution < -0.4 is 10.1 Å². The normalized spacial score (nSPS) is 12.6. The summed E-state index contributed by atoms with van der Waals surface area (Å²) in [6, 6.07) is 14.8. The molecule has 0 fully saturated rings. The largest absolute Gasteiger partial charge is 0.490 e. The number of fused-ring (bicyclic) bond motifs is 1. The Morgan fingerprint density at radius 3 is 2.27 bits per heavy atom. The summed E-state index contributed by atoms with van der Waals surface area (Å²) in [4.78, 5) is 34.1. The summed E-state index contributed by atoms with van der Waals surface area (Å²) < 4.78 is 18.3. The molecule has 0 saturated carbocycles. The van der Waals surface area contributed by atoms with Crippen molar-refractivity contribution in [2.45, 2.75) is 65.2 Å². The van der Waals surface area contributed by atoms with Gasteiger partial charge in [-0.1, -0.05) is 30.3 Å². The zero-order valence-corrected chi connectivity index (χ0v) is 23.7. The van der Waals surface area contributed by atoms with E-state index in [-0.39, 0.29) is 12.6 Å². The van der Waals surface area contributed by atoms with Gasteiger partial charge in [0.25, 0.3) is 0 Å². The number of hydrogen-bond donors (Lipinski definition) is 1. The van der Waals surface area contributed by atoms with Crippen LogP contribution in [0.2, 0.25) is 0 Å². The number of carbonyl (C=O) groups is 2. The van der Waals surface area contributed by atoms with Crippen molar-refractivity contribution in [2.24, 2.45) is 0 Å². The molecular formula is C30H35N5O5. The second kappa shape index (κ2) is 11.7. The first-order valence-electron chi connectivity index (χ1n) is 13.1. The SMILES string of the molecule is CC(C)(C)OC(=O)N[C@@H](COc1cnc2c(c1)c(-c1ccncc1)nn2C(=O)OC(C)(C)C)Cc1ccccc1. The van der Waals surface area contributed by atoms with Crippen LogP contribution in [-0.4, -0.2) is 55.8 Å². The first-order chi connectivity index (χ1) is 18.9. The standard InChI is InChI=1S/C30H35N5O5/c1-29(2,3)39-27(36)33-22(16-20-10-8-7-9-11-20)19-38-23-17-24-25(21-12-14-31-15-13-21)34-35(26(24)32-18-23)28(37)40-30(4,5)6/h7-15,17-18,22H,16,19H2,1-6H3,(H,33,36)/t22-/m1/s1. The highest BCUT2D eigenvalue weighted by atomic mass is 16.6. The van der Waals surface area contributed by atoms with Gasteiger partial charge >= 0.3 is 12.2 Å². The first-order valence-corrected chi connectivity index (χ1v) is 13.1. The molecule has 210 valence electrons. The molecule has 0 aliphatic carbocycles. The number of benzene rings is 1. The van der Waals surface area contributed by atoms with E-state index in [0.29, 0.717) is 28.9 Å². The Hall–Kier alpha value is -4.47. The maximum atomic E-state index is 12.9. The second-order valence-electron chi connectivity index (χ2n) is 11.4. The van der Waals surface area contributed by atoms with Gasteiger partial charge in [0.15, 0.2) is 5.65 Å². The van der Waals surface area contributed by atoms with Gasteiger partial charge in [0.1, 0.15) is 29.3 Å². The minimum Gasteiger partial charge on any atom is -0.490 e. The van der Waals surface area contributed by atoms with Gasteiger partial charge in [0, 0.05) is 18.0 Å². The molecule has 40 heavy (non-hydrogen) atoms. The number of nitrogens with one attached hydrogen (secondary N) is 1. The van der Waals surface area contributed by atoms with E-state index < -0.39 is 23.4 Å². The van der Waals surface area contributed by atoms with E-state index >= 15 is 0 Å². The average Bonchev–Trinajstić information content (AvgIpc) is 3.25. The lowest BCUT2D eigenvalue weighted by molar-refractivity contribution is 0.0485. The lowest BCUT2D eigenvalue weighted by Gasteiger charge is -2.24. The van der Waals surface area contributed by atoms with Crippen LogP contribution in [0.15, 0.2) is 67.1 Å². The van der Waals surface area contributed by atoms with Gasteiger partial charge in [-0.3, -0.25) is 4.98 Å². The van der Waals surface area contributed by atoms with Crippen molar-refractivity contribution in [2.75, 3.05) is 6.61 Å². The van der Waals surface area contributed by atoms with Crippen LogP contribution >= 0.6 is 0 Å². The van der Waals surface area contributed by atoms with Crippen LogP contribution in [0, 0.1) is 0 Å². The highest BCUT2D eigenvalue weighted by Gasteiger charge is 2.25. The Kier molecular flexibility index (Phi) is 8.37. The van der Waals surface area contributed by atoms with E-state index in [1.807, 2.05) is 51.1 Å². The summed E-state index contributed by atoms with van der Waals surface area (Å²) in [6.07, 6.45) is 4.20. The summed E-state index contributed by atoms with van der Waals surface area (Å²) in [5.41, 5.74) is 1.34. The van der Waals surface area contributed by atoms with E-state index in [1.165, 1.54) is 6.20 Å². The molecule has 4 aromatic rings. The summed E-state index contributed by atoms with van der Waals surface area (Å²) in [7, 11) is 0. The predicted molar refractivity (Wildman–Crippen MR) is 151 cm³/mol.